The van der Waals surface area contributed by atoms with Gasteiger partial charge in [0.2, 0.25) is 0 Å². The summed E-state index contributed by atoms with van der Waals surface area (Å²) in [5, 5.41) is 19.2. The second-order valence-corrected chi connectivity index (χ2v) is 5.49. The van der Waals surface area contributed by atoms with Crippen LogP contribution < -0.4 is 10.3 Å². The quantitative estimate of drug-likeness (QED) is 0.453. The number of aromatic amines is 1. The van der Waals surface area contributed by atoms with Crippen molar-refractivity contribution in [3.05, 3.63) is 49.9 Å². The van der Waals surface area contributed by atoms with Gasteiger partial charge in [-0.1, -0.05) is 13.3 Å². The molecule has 0 aliphatic carbocycles. The molecule has 0 atom stereocenters. The number of non-ortho nitro benzene ring substituents is 1. The molecule has 2 N–H and O–H groups in total. The van der Waals surface area contributed by atoms with E-state index in [-0.39, 0.29) is 22.8 Å². The first-order valence-corrected chi connectivity index (χ1v) is 7.99. The first kappa shape index (κ1) is 18.3. The molecule has 0 saturated carbocycles. The van der Waals surface area contributed by atoms with E-state index in [1.807, 2.05) is 6.92 Å². The second-order valence-electron chi connectivity index (χ2n) is 5.49. The minimum Gasteiger partial charge on any atom is -0.493 e. The smallest absolute Gasteiger partial charge is 0.270 e. The molecular weight excluding hydrogens is 324 g/mol. The molecule has 1 aromatic heterocycles. The van der Waals surface area contributed by atoms with Crippen molar-refractivity contribution in [1.29, 1.82) is 5.41 Å². The zero-order valence-electron chi connectivity index (χ0n) is 14.4. The number of nitrogens with zero attached hydrogens (tertiary/aromatic N) is 2. The Morgan fingerprint density at radius 3 is 2.72 bits per heavy atom. The van der Waals surface area contributed by atoms with E-state index in [4.69, 9.17) is 10.1 Å². The van der Waals surface area contributed by atoms with Crippen LogP contribution in [0.1, 0.15) is 37.9 Å². The summed E-state index contributed by atoms with van der Waals surface area (Å²) in [6.07, 6.45) is 1.24. The van der Waals surface area contributed by atoms with Crippen molar-refractivity contribution in [1.82, 2.24) is 9.97 Å². The minimum absolute atomic E-state index is 0.133. The topological polar surface area (TPSA) is 122 Å². The van der Waals surface area contributed by atoms with Gasteiger partial charge in [-0.3, -0.25) is 14.9 Å². The third-order valence-corrected chi connectivity index (χ3v) is 3.67. The normalized spacial score (nSPS) is 10.5. The third kappa shape index (κ3) is 3.90. The molecule has 1 aromatic carbocycles. The van der Waals surface area contributed by atoms with Crippen LogP contribution >= 0.6 is 0 Å². The molecule has 8 nitrogen and oxygen atoms in total. The van der Waals surface area contributed by atoms with Gasteiger partial charge in [0, 0.05) is 17.7 Å². The average molecular weight is 344 g/mol. The number of nitro groups is 1. The van der Waals surface area contributed by atoms with Crippen LogP contribution in [0, 0.1) is 22.4 Å². The Morgan fingerprint density at radius 2 is 2.12 bits per heavy atom. The molecule has 132 valence electrons. The molecule has 0 spiro atoms. The van der Waals surface area contributed by atoms with Crippen LogP contribution in [-0.2, 0) is 0 Å². The first-order valence-electron chi connectivity index (χ1n) is 7.99. The molecule has 1 heterocycles. The van der Waals surface area contributed by atoms with Gasteiger partial charge >= 0.3 is 0 Å². The highest BCUT2D eigenvalue weighted by Crippen LogP contribution is 2.31. The summed E-state index contributed by atoms with van der Waals surface area (Å²) in [6, 6.07) is 4.13. The number of benzene rings is 1. The highest BCUT2D eigenvalue weighted by molar-refractivity contribution is 5.97. The van der Waals surface area contributed by atoms with E-state index < -0.39 is 4.92 Å². The maximum Gasteiger partial charge on any atom is 0.270 e. The number of aromatic nitrogens is 2. The van der Waals surface area contributed by atoms with Gasteiger partial charge < -0.3 is 15.1 Å². The van der Waals surface area contributed by atoms with Gasteiger partial charge in [0.25, 0.3) is 11.2 Å². The summed E-state index contributed by atoms with van der Waals surface area (Å²) >= 11 is 0. The lowest BCUT2D eigenvalue weighted by atomic mass is 10.1. The fourth-order valence-electron chi connectivity index (χ4n) is 2.42. The summed E-state index contributed by atoms with van der Waals surface area (Å²) in [6.45, 7) is 5.69. The molecule has 0 saturated heterocycles. The highest BCUT2D eigenvalue weighted by atomic mass is 16.6. The van der Waals surface area contributed by atoms with Crippen LogP contribution in [0.25, 0.3) is 11.4 Å². The van der Waals surface area contributed by atoms with E-state index in [2.05, 4.69) is 9.97 Å². The van der Waals surface area contributed by atoms with E-state index in [1.165, 1.54) is 18.2 Å². The lowest BCUT2D eigenvalue weighted by molar-refractivity contribution is -0.384. The number of nitrogens with one attached hydrogen (secondary N) is 2. The monoisotopic (exact) mass is 344 g/mol. The summed E-state index contributed by atoms with van der Waals surface area (Å²) in [7, 11) is 0. The van der Waals surface area contributed by atoms with Crippen LogP contribution in [0.4, 0.5) is 5.69 Å². The molecule has 25 heavy (non-hydrogen) atoms. The van der Waals surface area contributed by atoms with Gasteiger partial charge in [-0.05, 0) is 26.3 Å². The van der Waals surface area contributed by atoms with Crippen LogP contribution in [0.3, 0.4) is 0 Å². The van der Waals surface area contributed by atoms with Crippen molar-refractivity contribution in [3.8, 4) is 17.1 Å². The Labute approximate surface area is 144 Å². The van der Waals surface area contributed by atoms with Crippen molar-refractivity contribution in [3.63, 3.8) is 0 Å². The second kappa shape index (κ2) is 7.69. The van der Waals surface area contributed by atoms with Crippen molar-refractivity contribution >= 4 is 11.4 Å². The van der Waals surface area contributed by atoms with Crippen LogP contribution in [0.5, 0.6) is 5.75 Å². The van der Waals surface area contributed by atoms with E-state index in [1.54, 1.807) is 13.8 Å². The Kier molecular flexibility index (Phi) is 5.63. The summed E-state index contributed by atoms with van der Waals surface area (Å²) < 4.78 is 5.51. The van der Waals surface area contributed by atoms with Crippen LogP contribution in [0.15, 0.2) is 23.0 Å². The van der Waals surface area contributed by atoms with Gasteiger partial charge in [-0.15, -0.1) is 0 Å². The molecule has 8 heteroatoms. The Bertz CT molecular complexity index is 873. The van der Waals surface area contributed by atoms with Crippen molar-refractivity contribution in [2.45, 2.75) is 33.6 Å². The number of ether oxygens (including phenoxy) is 1. The fraction of sp³-hybridized carbons (Fsp3) is 0.353. The number of hydrogen-bond donors (Lipinski definition) is 2. The minimum atomic E-state index is -0.522. The van der Waals surface area contributed by atoms with Crippen LogP contribution in [0.2, 0.25) is 0 Å². The maximum absolute atomic E-state index is 12.3. The first-order chi connectivity index (χ1) is 11.9. The summed E-state index contributed by atoms with van der Waals surface area (Å²) in [5.41, 5.74) is 0.719. The molecule has 0 unspecified atom stereocenters. The van der Waals surface area contributed by atoms with E-state index in [9.17, 15) is 14.9 Å². The molecule has 0 bridgehead atoms. The molecule has 0 amide bonds. The molecule has 0 aliphatic rings. The molecule has 0 fully saturated rings. The SMILES string of the molecule is CCCC(=N)c1nc(-c2cc([N+](=O)[O-])ccc2OCC)[nH]c(=O)c1C. The lowest BCUT2D eigenvalue weighted by Crippen LogP contribution is -2.19. The lowest BCUT2D eigenvalue weighted by Gasteiger charge is -2.12. The predicted molar refractivity (Wildman–Crippen MR) is 94.6 cm³/mol. The number of H-pyrrole nitrogens is 1. The highest BCUT2D eigenvalue weighted by Gasteiger charge is 2.18. The third-order valence-electron chi connectivity index (χ3n) is 3.67. The number of rotatable bonds is 7. The van der Waals surface area contributed by atoms with E-state index in [0.717, 1.165) is 6.42 Å². The fourth-order valence-corrected chi connectivity index (χ4v) is 2.42. The summed E-state index contributed by atoms with van der Waals surface area (Å²) in [5.74, 6) is 0.534. The Balaban J connectivity index is 2.68. The number of hydrogen-bond acceptors (Lipinski definition) is 6. The van der Waals surface area contributed by atoms with Crippen molar-refractivity contribution in [2.24, 2.45) is 0 Å². The summed E-state index contributed by atoms with van der Waals surface area (Å²) in [4.78, 5) is 29.8. The predicted octanol–water partition coefficient (Wildman–Crippen LogP) is 3.22. The number of nitro benzene ring substituents is 1. The molecule has 0 radical (unpaired) electrons. The largest absolute Gasteiger partial charge is 0.493 e. The zero-order valence-corrected chi connectivity index (χ0v) is 14.4. The van der Waals surface area contributed by atoms with Gasteiger partial charge in [-0.2, -0.15) is 0 Å². The van der Waals surface area contributed by atoms with Gasteiger partial charge in [0.05, 0.1) is 28.5 Å². The standard InChI is InChI=1S/C17H20N4O4/c1-4-6-13(18)15-10(3)17(22)20-16(19-15)12-9-11(21(23)24)7-8-14(12)25-5-2/h7-9,18H,4-6H2,1-3H3,(H,19,20,22). The van der Waals surface area contributed by atoms with E-state index in [0.29, 0.717) is 35.6 Å². The van der Waals surface area contributed by atoms with Gasteiger partial charge in [0.15, 0.2) is 0 Å². The van der Waals surface area contributed by atoms with Gasteiger partial charge in [0.1, 0.15) is 11.6 Å². The van der Waals surface area contributed by atoms with Crippen molar-refractivity contribution in [2.75, 3.05) is 6.61 Å². The Morgan fingerprint density at radius 1 is 1.40 bits per heavy atom. The van der Waals surface area contributed by atoms with E-state index >= 15 is 0 Å². The molecule has 2 aromatic rings. The molecule has 2 rings (SSSR count). The molecular formula is C17H20N4O4. The molecule has 0 aliphatic heterocycles. The van der Waals surface area contributed by atoms with Gasteiger partial charge in [-0.25, -0.2) is 4.98 Å². The van der Waals surface area contributed by atoms with Crippen LogP contribution in [-0.4, -0.2) is 27.2 Å². The maximum atomic E-state index is 12.3. The Hall–Kier alpha value is -3.03. The van der Waals surface area contributed by atoms with Crippen molar-refractivity contribution < 1.29 is 9.66 Å². The zero-order chi connectivity index (χ0) is 18.6. The average Bonchev–Trinajstić information content (AvgIpc) is 2.57.